The van der Waals surface area contributed by atoms with Crippen molar-refractivity contribution < 1.29 is 19.0 Å². The van der Waals surface area contributed by atoms with Crippen molar-refractivity contribution in [3.8, 4) is 5.88 Å². The summed E-state index contributed by atoms with van der Waals surface area (Å²) < 4.78 is 16.0. The first-order valence-corrected chi connectivity index (χ1v) is 10.8. The predicted octanol–water partition coefficient (Wildman–Crippen LogP) is 3.47. The molecule has 0 radical (unpaired) electrons. The largest absolute Gasteiger partial charge is 0.475 e. The number of rotatable bonds is 12. The number of alkyl carbamates (subject to hydrolysis) is 1. The number of carbonyl (C=O) groups is 1. The maximum atomic E-state index is 12.0. The number of guanidine groups is 1. The fourth-order valence-corrected chi connectivity index (χ4v) is 2.67. The van der Waals surface area contributed by atoms with Crippen molar-refractivity contribution in [3.05, 3.63) is 23.9 Å². The van der Waals surface area contributed by atoms with E-state index in [2.05, 4.69) is 32.9 Å². The van der Waals surface area contributed by atoms with Crippen molar-refractivity contribution in [2.24, 2.45) is 4.99 Å². The van der Waals surface area contributed by atoms with E-state index in [0.717, 1.165) is 24.8 Å². The molecule has 0 aliphatic heterocycles. The van der Waals surface area contributed by atoms with Crippen LogP contribution in [0, 0.1) is 0 Å². The standard InChI is InChI=1S/C22H39N5O4.HI/c1-7-8-11-18(16-26-21(28)31-22(2,3)4)27-20(23-5)25-15-17-10-9-12-24-19(17)30-14-13-29-6;/h9-10,12,18H,7-8,11,13-16H2,1-6H3,(H,26,28)(H2,23,25,27);1H. The van der Waals surface area contributed by atoms with Crippen LogP contribution < -0.4 is 20.7 Å². The van der Waals surface area contributed by atoms with E-state index < -0.39 is 11.7 Å². The molecular formula is C22H40IN5O4. The van der Waals surface area contributed by atoms with Gasteiger partial charge in [0.25, 0.3) is 0 Å². The number of ether oxygens (including phenoxy) is 3. The van der Waals surface area contributed by atoms with Crippen LogP contribution in [0.3, 0.4) is 0 Å². The van der Waals surface area contributed by atoms with Crippen LogP contribution in [0.15, 0.2) is 23.3 Å². The smallest absolute Gasteiger partial charge is 0.407 e. The first-order valence-electron chi connectivity index (χ1n) is 10.8. The summed E-state index contributed by atoms with van der Waals surface area (Å²) in [5.74, 6) is 1.20. The van der Waals surface area contributed by atoms with E-state index in [4.69, 9.17) is 14.2 Å². The van der Waals surface area contributed by atoms with Gasteiger partial charge in [-0.2, -0.15) is 0 Å². The quantitative estimate of drug-likeness (QED) is 0.154. The van der Waals surface area contributed by atoms with Crippen molar-refractivity contribution in [1.82, 2.24) is 20.9 Å². The van der Waals surface area contributed by atoms with Crippen molar-refractivity contribution in [2.45, 2.75) is 65.1 Å². The molecule has 0 aliphatic rings. The Morgan fingerprint density at radius 2 is 2.00 bits per heavy atom. The van der Waals surface area contributed by atoms with E-state index in [1.54, 1.807) is 20.4 Å². The number of aromatic nitrogens is 1. The second kappa shape index (κ2) is 16.8. The topological polar surface area (TPSA) is 106 Å². The van der Waals surface area contributed by atoms with Crippen LogP contribution in [0.1, 0.15) is 52.5 Å². The number of aliphatic imine (C=N–C) groups is 1. The number of unbranched alkanes of at least 4 members (excludes halogenated alkanes) is 1. The molecule has 0 saturated carbocycles. The minimum absolute atomic E-state index is 0. The Bertz CT molecular complexity index is 683. The number of pyridine rings is 1. The molecule has 1 atom stereocenters. The second-order valence-corrected chi connectivity index (χ2v) is 8.10. The lowest BCUT2D eigenvalue weighted by Gasteiger charge is -2.24. The number of amides is 1. The van der Waals surface area contributed by atoms with E-state index in [1.807, 2.05) is 32.9 Å². The summed E-state index contributed by atoms with van der Waals surface area (Å²) in [5, 5.41) is 9.52. The van der Waals surface area contributed by atoms with Gasteiger partial charge >= 0.3 is 6.09 Å². The van der Waals surface area contributed by atoms with Crippen LogP contribution in [0.4, 0.5) is 4.79 Å². The van der Waals surface area contributed by atoms with Gasteiger partial charge < -0.3 is 30.2 Å². The SMILES string of the molecule is CCCCC(CNC(=O)OC(C)(C)C)NC(=NC)NCc1cccnc1OCCOC.I. The molecule has 1 unspecified atom stereocenters. The highest BCUT2D eigenvalue weighted by Crippen LogP contribution is 2.14. The molecule has 3 N–H and O–H groups in total. The van der Waals surface area contributed by atoms with Crippen LogP contribution in [0.25, 0.3) is 0 Å². The van der Waals surface area contributed by atoms with Gasteiger partial charge in [0.05, 0.1) is 6.61 Å². The number of hydrogen-bond acceptors (Lipinski definition) is 6. The second-order valence-electron chi connectivity index (χ2n) is 8.10. The van der Waals surface area contributed by atoms with Gasteiger partial charge in [0.2, 0.25) is 5.88 Å². The number of nitrogens with one attached hydrogen (secondary N) is 3. The Morgan fingerprint density at radius 3 is 2.62 bits per heavy atom. The number of nitrogens with zero attached hydrogens (tertiary/aromatic N) is 2. The molecule has 32 heavy (non-hydrogen) atoms. The number of halogens is 1. The lowest BCUT2D eigenvalue weighted by atomic mass is 10.1. The zero-order chi connectivity index (χ0) is 23.1. The monoisotopic (exact) mass is 565 g/mol. The first kappa shape index (κ1) is 30.2. The minimum atomic E-state index is -0.527. The summed E-state index contributed by atoms with van der Waals surface area (Å²) >= 11 is 0. The summed E-state index contributed by atoms with van der Waals surface area (Å²) in [6.07, 6.45) is 4.26. The zero-order valence-corrected chi connectivity index (χ0v) is 22.5. The zero-order valence-electron chi connectivity index (χ0n) is 20.2. The van der Waals surface area contributed by atoms with Gasteiger partial charge in [-0.15, -0.1) is 24.0 Å². The van der Waals surface area contributed by atoms with Gasteiger partial charge in [0, 0.05) is 45.0 Å². The Hall–Kier alpha value is -1.82. The molecule has 1 heterocycles. The molecule has 1 amide bonds. The van der Waals surface area contributed by atoms with Crippen LogP contribution in [-0.4, -0.2) is 62.6 Å². The molecule has 1 rings (SSSR count). The fraction of sp³-hybridized carbons (Fsp3) is 0.682. The predicted molar refractivity (Wildman–Crippen MR) is 138 cm³/mol. The van der Waals surface area contributed by atoms with E-state index in [9.17, 15) is 4.79 Å². The van der Waals surface area contributed by atoms with Gasteiger partial charge in [0.15, 0.2) is 5.96 Å². The third-order valence-corrected chi connectivity index (χ3v) is 4.18. The van der Waals surface area contributed by atoms with Gasteiger partial charge in [0.1, 0.15) is 12.2 Å². The molecule has 0 aromatic carbocycles. The molecule has 0 bridgehead atoms. The maximum Gasteiger partial charge on any atom is 0.407 e. The van der Waals surface area contributed by atoms with Gasteiger partial charge in [-0.3, -0.25) is 4.99 Å². The fourth-order valence-electron chi connectivity index (χ4n) is 2.67. The van der Waals surface area contributed by atoms with Crippen LogP contribution in [0.2, 0.25) is 0 Å². The summed E-state index contributed by atoms with van der Waals surface area (Å²) in [5.41, 5.74) is 0.388. The van der Waals surface area contributed by atoms with Crippen molar-refractivity contribution in [1.29, 1.82) is 0 Å². The molecule has 0 saturated heterocycles. The molecule has 1 aromatic heterocycles. The molecule has 0 fully saturated rings. The molecule has 10 heteroatoms. The Kier molecular flexibility index (Phi) is 15.8. The lowest BCUT2D eigenvalue weighted by Crippen LogP contribution is -2.48. The average Bonchev–Trinajstić information content (AvgIpc) is 2.72. The van der Waals surface area contributed by atoms with E-state index >= 15 is 0 Å². The molecule has 184 valence electrons. The third kappa shape index (κ3) is 13.6. The van der Waals surface area contributed by atoms with Crippen molar-refractivity contribution in [2.75, 3.05) is 33.9 Å². The highest BCUT2D eigenvalue weighted by atomic mass is 127. The van der Waals surface area contributed by atoms with Gasteiger partial charge in [-0.1, -0.05) is 25.8 Å². The molecule has 1 aromatic rings. The van der Waals surface area contributed by atoms with Crippen molar-refractivity contribution >= 4 is 36.0 Å². The molecule has 0 aliphatic carbocycles. The van der Waals surface area contributed by atoms with Crippen LogP contribution in [0.5, 0.6) is 5.88 Å². The third-order valence-electron chi connectivity index (χ3n) is 4.18. The van der Waals surface area contributed by atoms with E-state index in [1.165, 1.54) is 0 Å². The molecular weight excluding hydrogens is 525 g/mol. The summed E-state index contributed by atoms with van der Waals surface area (Å²) in [7, 11) is 3.35. The number of carbonyl (C=O) groups excluding carboxylic acids is 1. The number of methoxy groups -OCH3 is 1. The highest BCUT2D eigenvalue weighted by molar-refractivity contribution is 14.0. The lowest BCUT2D eigenvalue weighted by molar-refractivity contribution is 0.0522. The summed E-state index contributed by atoms with van der Waals surface area (Å²) in [4.78, 5) is 20.6. The normalized spacial score (nSPS) is 12.4. The van der Waals surface area contributed by atoms with Gasteiger partial charge in [-0.05, 0) is 33.3 Å². The van der Waals surface area contributed by atoms with Crippen LogP contribution in [-0.2, 0) is 16.0 Å². The number of hydrogen-bond donors (Lipinski definition) is 3. The Balaban J connectivity index is 0.00000961. The minimum Gasteiger partial charge on any atom is -0.475 e. The molecule has 9 nitrogen and oxygen atoms in total. The Labute approximate surface area is 209 Å². The molecule has 0 spiro atoms. The summed E-state index contributed by atoms with van der Waals surface area (Å²) in [6.45, 7) is 9.53. The average molecular weight is 565 g/mol. The maximum absolute atomic E-state index is 12.0. The van der Waals surface area contributed by atoms with E-state index in [-0.39, 0.29) is 30.0 Å². The van der Waals surface area contributed by atoms with Crippen LogP contribution >= 0.6 is 24.0 Å². The van der Waals surface area contributed by atoms with E-state index in [0.29, 0.717) is 38.1 Å². The summed E-state index contributed by atoms with van der Waals surface area (Å²) in [6, 6.07) is 3.84. The Morgan fingerprint density at radius 1 is 1.25 bits per heavy atom. The van der Waals surface area contributed by atoms with Crippen molar-refractivity contribution in [3.63, 3.8) is 0 Å². The van der Waals surface area contributed by atoms with Gasteiger partial charge in [-0.25, -0.2) is 9.78 Å². The first-order chi connectivity index (χ1) is 14.8. The highest BCUT2D eigenvalue weighted by Gasteiger charge is 2.18.